The summed E-state index contributed by atoms with van der Waals surface area (Å²) in [6.07, 6.45) is 5.08. The van der Waals surface area contributed by atoms with E-state index in [0.717, 1.165) is 47.4 Å². The summed E-state index contributed by atoms with van der Waals surface area (Å²) in [6, 6.07) is 13.7. The summed E-state index contributed by atoms with van der Waals surface area (Å²) in [7, 11) is -3.83. The van der Waals surface area contributed by atoms with Crippen LogP contribution in [0.4, 0.5) is 5.69 Å². The summed E-state index contributed by atoms with van der Waals surface area (Å²) < 4.78 is 32.3. The number of anilines is 1. The van der Waals surface area contributed by atoms with Gasteiger partial charge in [0.25, 0.3) is 0 Å². The van der Waals surface area contributed by atoms with E-state index >= 15 is 0 Å². The Morgan fingerprint density at radius 2 is 1.72 bits per heavy atom. The van der Waals surface area contributed by atoms with Gasteiger partial charge in [0.1, 0.15) is 18.3 Å². The van der Waals surface area contributed by atoms with Crippen molar-refractivity contribution in [3.8, 4) is 5.75 Å². The Balaban J connectivity index is 1.92. The van der Waals surface area contributed by atoms with Crippen molar-refractivity contribution in [2.45, 2.75) is 65.1 Å². The maximum atomic E-state index is 13.7. The van der Waals surface area contributed by atoms with E-state index in [1.54, 1.807) is 38.1 Å². The topological polar surface area (TPSA) is 96.0 Å². The third kappa shape index (κ3) is 7.00. The molecular weight excluding hydrogens is 478 g/mol. The molecule has 1 aliphatic carbocycles. The molecule has 1 saturated carbocycles. The first-order valence-corrected chi connectivity index (χ1v) is 14.3. The molecule has 0 saturated heterocycles. The van der Waals surface area contributed by atoms with Gasteiger partial charge in [0, 0.05) is 12.6 Å². The number of para-hydroxylation sites is 2. The monoisotopic (exact) mass is 515 g/mol. The number of hydrogen-bond donors (Lipinski definition) is 1. The maximum Gasteiger partial charge on any atom is 0.244 e. The summed E-state index contributed by atoms with van der Waals surface area (Å²) >= 11 is 0. The molecule has 2 amide bonds. The zero-order chi connectivity index (χ0) is 26.3. The van der Waals surface area contributed by atoms with E-state index < -0.39 is 28.5 Å². The van der Waals surface area contributed by atoms with E-state index in [9.17, 15) is 18.0 Å². The number of amides is 2. The van der Waals surface area contributed by atoms with Crippen LogP contribution in [-0.2, 0) is 26.2 Å². The van der Waals surface area contributed by atoms with Gasteiger partial charge in [0.15, 0.2) is 0 Å². The number of nitrogens with one attached hydrogen (secondary N) is 1. The zero-order valence-corrected chi connectivity index (χ0v) is 22.4. The molecule has 1 unspecified atom stereocenters. The number of sulfonamides is 1. The predicted octanol–water partition coefficient (Wildman–Crippen LogP) is 3.64. The van der Waals surface area contributed by atoms with Crippen LogP contribution in [0.1, 0.15) is 50.7 Å². The Morgan fingerprint density at radius 1 is 1.08 bits per heavy atom. The fraction of sp³-hybridized carbons (Fsp3) is 0.481. The van der Waals surface area contributed by atoms with E-state index in [2.05, 4.69) is 5.32 Å². The van der Waals surface area contributed by atoms with E-state index in [0.29, 0.717) is 12.4 Å². The molecular formula is C27H37N3O5S. The molecule has 196 valence electrons. The van der Waals surface area contributed by atoms with Crippen LogP contribution >= 0.6 is 0 Å². The molecule has 2 aromatic carbocycles. The number of benzene rings is 2. The van der Waals surface area contributed by atoms with Crippen LogP contribution in [0.25, 0.3) is 0 Å². The fourth-order valence-electron chi connectivity index (χ4n) is 4.48. The minimum atomic E-state index is -3.83. The van der Waals surface area contributed by atoms with Gasteiger partial charge >= 0.3 is 0 Å². The average Bonchev–Trinajstić information content (AvgIpc) is 3.34. The van der Waals surface area contributed by atoms with Crippen LogP contribution in [0.3, 0.4) is 0 Å². The smallest absolute Gasteiger partial charge is 0.244 e. The number of aryl methyl sites for hydroxylation is 1. The Morgan fingerprint density at radius 3 is 2.36 bits per heavy atom. The third-order valence-corrected chi connectivity index (χ3v) is 7.71. The van der Waals surface area contributed by atoms with Crippen LogP contribution < -0.4 is 14.4 Å². The van der Waals surface area contributed by atoms with E-state index in [-0.39, 0.29) is 24.2 Å². The molecule has 0 bridgehead atoms. The largest absolute Gasteiger partial charge is 0.492 e. The first-order valence-electron chi connectivity index (χ1n) is 12.5. The lowest BCUT2D eigenvalue weighted by molar-refractivity contribution is -0.139. The highest BCUT2D eigenvalue weighted by Gasteiger charge is 2.32. The minimum absolute atomic E-state index is 0.112. The molecule has 8 nitrogen and oxygen atoms in total. The van der Waals surface area contributed by atoms with E-state index in [1.165, 1.54) is 4.90 Å². The molecule has 0 aromatic heterocycles. The summed E-state index contributed by atoms with van der Waals surface area (Å²) in [5.41, 5.74) is 2.17. The molecule has 0 spiro atoms. The summed E-state index contributed by atoms with van der Waals surface area (Å²) in [4.78, 5) is 28.4. The SMILES string of the molecule is CCOc1ccccc1N(CC(=O)N(Cc1ccccc1C)C(C)C(=O)NC1CCCC1)S(C)(=O)=O. The number of carbonyl (C=O) groups is 2. The van der Waals surface area contributed by atoms with Gasteiger partial charge in [-0.1, -0.05) is 49.2 Å². The fourth-order valence-corrected chi connectivity index (χ4v) is 5.33. The zero-order valence-electron chi connectivity index (χ0n) is 21.6. The van der Waals surface area contributed by atoms with Crippen molar-refractivity contribution in [3.63, 3.8) is 0 Å². The van der Waals surface area contributed by atoms with Gasteiger partial charge in [-0.25, -0.2) is 8.42 Å². The highest BCUT2D eigenvalue weighted by molar-refractivity contribution is 7.92. The van der Waals surface area contributed by atoms with Crippen molar-refractivity contribution < 1.29 is 22.7 Å². The molecule has 1 N–H and O–H groups in total. The molecule has 1 aliphatic rings. The van der Waals surface area contributed by atoms with Crippen LogP contribution in [-0.4, -0.2) is 56.6 Å². The summed E-state index contributed by atoms with van der Waals surface area (Å²) in [5.74, 6) is -0.329. The maximum absolute atomic E-state index is 13.7. The molecule has 2 aromatic rings. The molecule has 0 aliphatic heterocycles. The molecule has 1 fully saturated rings. The molecule has 36 heavy (non-hydrogen) atoms. The number of ether oxygens (including phenoxy) is 1. The van der Waals surface area contributed by atoms with Crippen LogP contribution in [0, 0.1) is 6.92 Å². The van der Waals surface area contributed by atoms with Gasteiger partial charge in [-0.15, -0.1) is 0 Å². The van der Waals surface area contributed by atoms with E-state index in [4.69, 9.17) is 4.74 Å². The quantitative estimate of drug-likeness (QED) is 0.493. The average molecular weight is 516 g/mol. The van der Waals surface area contributed by atoms with Gasteiger partial charge in [-0.05, 0) is 56.9 Å². The van der Waals surface area contributed by atoms with Crippen molar-refractivity contribution in [1.29, 1.82) is 0 Å². The van der Waals surface area contributed by atoms with Gasteiger partial charge in [-0.2, -0.15) is 0 Å². The Labute approximate surface area is 214 Å². The highest BCUT2D eigenvalue weighted by Crippen LogP contribution is 2.30. The standard InChI is InChI=1S/C27H37N3O5S/c1-5-35-25-17-11-10-16-24(25)30(36(4,33)34)19-26(31)29(18-22-13-7-6-12-20(22)2)21(3)27(32)28-23-14-8-9-15-23/h6-7,10-13,16-17,21,23H,5,8-9,14-15,18-19H2,1-4H3,(H,28,32). The van der Waals surface area contributed by atoms with Gasteiger partial charge < -0.3 is 15.0 Å². The van der Waals surface area contributed by atoms with Crippen molar-refractivity contribution in [2.24, 2.45) is 0 Å². The summed E-state index contributed by atoms with van der Waals surface area (Å²) in [6.45, 7) is 5.54. The van der Waals surface area contributed by atoms with Crippen molar-refractivity contribution >= 4 is 27.5 Å². The molecule has 0 heterocycles. The van der Waals surface area contributed by atoms with E-state index in [1.807, 2.05) is 31.2 Å². The molecule has 3 rings (SSSR count). The Hall–Kier alpha value is -3.07. The Bertz CT molecular complexity index is 1160. The lowest BCUT2D eigenvalue weighted by atomic mass is 10.1. The highest BCUT2D eigenvalue weighted by atomic mass is 32.2. The number of carbonyl (C=O) groups excluding carboxylic acids is 2. The second-order valence-corrected chi connectivity index (χ2v) is 11.2. The lowest BCUT2D eigenvalue weighted by Crippen LogP contribution is -2.52. The molecule has 9 heteroatoms. The first kappa shape index (κ1) is 27.5. The second kappa shape index (κ2) is 12.3. The van der Waals surface area contributed by atoms with Gasteiger partial charge in [-0.3, -0.25) is 13.9 Å². The number of rotatable bonds is 11. The Kier molecular flexibility index (Phi) is 9.37. The van der Waals surface area contributed by atoms with Crippen LogP contribution in [0.2, 0.25) is 0 Å². The van der Waals surface area contributed by atoms with Gasteiger partial charge in [0.05, 0.1) is 18.6 Å². The lowest BCUT2D eigenvalue weighted by Gasteiger charge is -2.32. The molecule has 0 radical (unpaired) electrons. The number of hydrogen-bond acceptors (Lipinski definition) is 5. The van der Waals surface area contributed by atoms with Crippen LogP contribution in [0.15, 0.2) is 48.5 Å². The first-order chi connectivity index (χ1) is 17.1. The van der Waals surface area contributed by atoms with Crippen molar-refractivity contribution in [3.05, 3.63) is 59.7 Å². The number of nitrogens with zero attached hydrogens (tertiary/aromatic N) is 2. The second-order valence-electron chi connectivity index (χ2n) is 9.28. The summed E-state index contributed by atoms with van der Waals surface area (Å²) in [5, 5.41) is 3.07. The third-order valence-electron chi connectivity index (χ3n) is 6.58. The predicted molar refractivity (Wildman–Crippen MR) is 141 cm³/mol. The van der Waals surface area contributed by atoms with Crippen molar-refractivity contribution in [2.75, 3.05) is 23.7 Å². The van der Waals surface area contributed by atoms with Crippen molar-refractivity contribution in [1.82, 2.24) is 10.2 Å². The normalized spacial score (nSPS) is 14.8. The van der Waals surface area contributed by atoms with Gasteiger partial charge in [0.2, 0.25) is 21.8 Å². The molecule has 1 atom stereocenters. The van der Waals surface area contributed by atoms with Crippen LogP contribution in [0.5, 0.6) is 5.75 Å². The minimum Gasteiger partial charge on any atom is -0.492 e.